The van der Waals surface area contributed by atoms with Gasteiger partial charge >= 0.3 is 5.97 Å². The first-order chi connectivity index (χ1) is 12.6. The molecular formula is C21H26N2O4. The molecule has 1 saturated heterocycles. The van der Waals surface area contributed by atoms with Crippen molar-refractivity contribution < 1.29 is 9.53 Å². The van der Waals surface area contributed by atoms with Gasteiger partial charge in [-0.15, -0.1) is 0 Å². The summed E-state index contributed by atoms with van der Waals surface area (Å²) < 4.78 is 5.51. The van der Waals surface area contributed by atoms with E-state index in [1.165, 1.54) is 0 Å². The van der Waals surface area contributed by atoms with Gasteiger partial charge in [0, 0.05) is 26.3 Å². The fourth-order valence-corrected chi connectivity index (χ4v) is 3.50. The molecule has 6 nitrogen and oxygen atoms in total. The minimum absolute atomic E-state index is 0.345. The zero-order chi connectivity index (χ0) is 19.9. The lowest BCUT2D eigenvalue weighted by molar-refractivity contribution is -0.156. The number of benzene rings is 1. The maximum Gasteiger partial charge on any atom is 0.329 e. The predicted molar refractivity (Wildman–Crippen MR) is 107 cm³/mol. The SMILES string of the molecule is CN(C)c1ccc(-c2c(N3CCCC3C(=O)OC(C)(C)C)c(=O)c2=O)cc1. The van der Waals surface area contributed by atoms with E-state index in [-0.39, 0.29) is 5.97 Å². The van der Waals surface area contributed by atoms with Crippen molar-refractivity contribution in [2.45, 2.75) is 45.3 Å². The topological polar surface area (TPSA) is 66.9 Å². The molecule has 27 heavy (non-hydrogen) atoms. The standard InChI is InChI=1S/C21H26N2O4/c1-21(2,3)27-20(26)15-7-6-12-23(15)17-16(18(24)19(17)25)13-8-10-14(11-9-13)22(4)5/h8-11,15H,6-7,12H2,1-5H3. The van der Waals surface area contributed by atoms with Gasteiger partial charge in [0.1, 0.15) is 17.3 Å². The summed E-state index contributed by atoms with van der Waals surface area (Å²) in [5.41, 5.74) is 0.868. The molecule has 0 N–H and O–H groups in total. The van der Waals surface area contributed by atoms with E-state index >= 15 is 0 Å². The second-order valence-corrected chi connectivity index (χ2v) is 8.21. The Morgan fingerprint density at radius 3 is 2.30 bits per heavy atom. The molecular weight excluding hydrogens is 344 g/mol. The van der Waals surface area contributed by atoms with Crippen LogP contribution in [0.15, 0.2) is 33.9 Å². The molecule has 1 atom stereocenters. The molecule has 0 aliphatic carbocycles. The Morgan fingerprint density at radius 1 is 1.11 bits per heavy atom. The van der Waals surface area contributed by atoms with Crippen molar-refractivity contribution in [3.8, 4) is 11.1 Å². The molecule has 0 saturated carbocycles. The number of nitrogens with zero attached hydrogens (tertiary/aromatic N) is 2. The van der Waals surface area contributed by atoms with Crippen LogP contribution in [0.3, 0.4) is 0 Å². The summed E-state index contributed by atoms with van der Waals surface area (Å²) >= 11 is 0. The molecule has 2 aromatic rings. The largest absolute Gasteiger partial charge is 0.458 e. The van der Waals surface area contributed by atoms with Gasteiger partial charge in [-0.3, -0.25) is 9.59 Å². The van der Waals surface area contributed by atoms with Crippen LogP contribution in [0.5, 0.6) is 0 Å². The predicted octanol–water partition coefficient (Wildman–Crippen LogP) is 2.33. The van der Waals surface area contributed by atoms with Crippen molar-refractivity contribution in [1.82, 2.24) is 0 Å². The van der Waals surface area contributed by atoms with Crippen LogP contribution in [-0.4, -0.2) is 38.3 Å². The van der Waals surface area contributed by atoms with Crippen LogP contribution in [-0.2, 0) is 9.53 Å². The van der Waals surface area contributed by atoms with E-state index in [9.17, 15) is 14.4 Å². The highest BCUT2D eigenvalue weighted by molar-refractivity contribution is 5.88. The molecule has 0 bridgehead atoms. The average molecular weight is 370 g/mol. The molecule has 6 heteroatoms. The highest BCUT2D eigenvalue weighted by Gasteiger charge is 2.39. The molecule has 144 valence electrons. The Labute approximate surface area is 159 Å². The lowest BCUT2D eigenvalue weighted by atomic mass is 9.97. The van der Waals surface area contributed by atoms with E-state index in [1.54, 1.807) is 4.90 Å². The lowest BCUT2D eigenvalue weighted by Crippen LogP contribution is -2.47. The summed E-state index contributed by atoms with van der Waals surface area (Å²) in [5, 5.41) is 0. The molecule has 1 unspecified atom stereocenters. The summed E-state index contributed by atoms with van der Waals surface area (Å²) in [5.74, 6) is -0.345. The molecule has 3 rings (SSSR count). The van der Waals surface area contributed by atoms with Gasteiger partial charge in [-0.05, 0) is 51.3 Å². The zero-order valence-electron chi connectivity index (χ0n) is 16.5. The third-order valence-electron chi connectivity index (χ3n) is 4.78. The maximum absolute atomic E-state index is 12.6. The number of hydrogen-bond donors (Lipinski definition) is 0. The van der Waals surface area contributed by atoms with Gasteiger partial charge in [0.2, 0.25) is 10.9 Å². The molecule has 0 spiro atoms. The number of esters is 1. The Bertz CT molecular complexity index is 915. The molecule has 1 aliphatic heterocycles. The fraction of sp³-hybridized carbons (Fsp3) is 0.476. The van der Waals surface area contributed by atoms with Gasteiger partial charge in [-0.2, -0.15) is 0 Å². The van der Waals surface area contributed by atoms with Crippen molar-refractivity contribution in [2.75, 3.05) is 30.4 Å². The first-order valence-electron chi connectivity index (χ1n) is 9.20. The van der Waals surface area contributed by atoms with Crippen LogP contribution in [0.2, 0.25) is 0 Å². The Kier molecular flexibility index (Phi) is 4.84. The summed E-state index contributed by atoms with van der Waals surface area (Å²) in [6.07, 6.45) is 1.40. The Hall–Kier alpha value is -2.63. The second-order valence-electron chi connectivity index (χ2n) is 8.21. The number of rotatable bonds is 4. The van der Waals surface area contributed by atoms with E-state index in [0.717, 1.165) is 12.1 Å². The minimum Gasteiger partial charge on any atom is -0.458 e. The van der Waals surface area contributed by atoms with E-state index in [2.05, 4.69) is 0 Å². The second kappa shape index (κ2) is 6.83. The van der Waals surface area contributed by atoms with Crippen LogP contribution in [0.4, 0.5) is 11.4 Å². The number of carbonyl (C=O) groups is 1. The molecule has 1 fully saturated rings. The molecule has 2 aromatic carbocycles. The van der Waals surface area contributed by atoms with Gasteiger partial charge in [0.05, 0.1) is 5.56 Å². The molecule has 0 radical (unpaired) electrons. The van der Waals surface area contributed by atoms with Gasteiger partial charge in [-0.1, -0.05) is 12.1 Å². The third-order valence-corrected chi connectivity index (χ3v) is 4.78. The van der Waals surface area contributed by atoms with Crippen LogP contribution in [0, 0.1) is 0 Å². The normalized spacial score (nSPS) is 17.4. The number of carbonyl (C=O) groups excluding carboxylic acids is 1. The zero-order valence-corrected chi connectivity index (χ0v) is 16.5. The lowest BCUT2D eigenvalue weighted by Gasteiger charge is -2.30. The average Bonchev–Trinajstić information content (AvgIpc) is 3.06. The number of hydrogen-bond acceptors (Lipinski definition) is 6. The van der Waals surface area contributed by atoms with E-state index in [0.29, 0.717) is 29.8 Å². The summed E-state index contributed by atoms with van der Waals surface area (Å²) in [4.78, 5) is 40.9. The third kappa shape index (κ3) is 3.61. The minimum atomic E-state index is -0.593. The van der Waals surface area contributed by atoms with E-state index in [4.69, 9.17) is 4.74 Å². The van der Waals surface area contributed by atoms with Gasteiger partial charge in [0.15, 0.2) is 0 Å². The van der Waals surface area contributed by atoms with Gasteiger partial charge in [-0.25, -0.2) is 4.79 Å². The molecule has 0 aromatic heterocycles. The maximum atomic E-state index is 12.6. The van der Waals surface area contributed by atoms with Crippen LogP contribution < -0.4 is 20.7 Å². The molecule has 0 amide bonds. The van der Waals surface area contributed by atoms with Crippen LogP contribution in [0.1, 0.15) is 33.6 Å². The Morgan fingerprint density at radius 2 is 1.74 bits per heavy atom. The summed E-state index contributed by atoms with van der Waals surface area (Å²) in [6.45, 7) is 6.02. The quantitative estimate of drug-likeness (QED) is 0.608. The van der Waals surface area contributed by atoms with E-state index < -0.39 is 22.5 Å². The van der Waals surface area contributed by atoms with Gasteiger partial charge in [0.25, 0.3) is 0 Å². The van der Waals surface area contributed by atoms with Crippen molar-refractivity contribution in [1.29, 1.82) is 0 Å². The highest BCUT2D eigenvalue weighted by atomic mass is 16.6. The van der Waals surface area contributed by atoms with Crippen LogP contribution in [0.25, 0.3) is 11.1 Å². The monoisotopic (exact) mass is 370 g/mol. The highest BCUT2D eigenvalue weighted by Crippen LogP contribution is 2.33. The summed E-state index contributed by atoms with van der Waals surface area (Å²) in [6, 6.07) is 6.98. The van der Waals surface area contributed by atoms with Crippen molar-refractivity contribution in [2.24, 2.45) is 0 Å². The Balaban J connectivity index is 1.94. The van der Waals surface area contributed by atoms with Crippen molar-refractivity contribution in [3.63, 3.8) is 0 Å². The summed E-state index contributed by atoms with van der Waals surface area (Å²) in [7, 11) is 3.88. The van der Waals surface area contributed by atoms with Crippen molar-refractivity contribution >= 4 is 17.3 Å². The molecule has 1 heterocycles. The smallest absolute Gasteiger partial charge is 0.329 e. The van der Waals surface area contributed by atoms with Crippen LogP contribution >= 0.6 is 0 Å². The van der Waals surface area contributed by atoms with Gasteiger partial charge < -0.3 is 14.5 Å². The van der Waals surface area contributed by atoms with Crippen molar-refractivity contribution in [3.05, 3.63) is 44.7 Å². The number of ether oxygens (including phenoxy) is 1. The van der Waals surface area contributed by atoms with E-state index in [1.807, 2.05) is 64.0 Å². The molecule has 1 aliphatic rings. The first-order valence-corrected chi connectivity index (χ1v) is 9.20. The number of anilines is 2. The first kappa shape index (κ1) is 19.1. The fourth-order valence-electron chi connectivity index (χ4n) is 3.50.